The SMILES string of the molecule is c1ccc2c(c1)-c1ccccc1[C@H]1CC21. The maximum atomic E-state index is 2.30. The molecule has 0 nitrogen and oxygen atoms in total. The molecule has 0 aliphatic heterocycles. The zero-order valence-electron chi connectivity index (χ0n) is 8.48. The van der Waals surface area contributed by atoms with Crippen molar-refractivity contribution in [3.05, 3.63) is 59.7 Å². The monoisotopic (exact) mass is 192 g/mol. The maximum Gasteiger partial charge on any atom is -0.00805 e. The lowest BCUT2D eigenvalue weighted by molar-refractivity contribution is 1.01. The van der Waals surface area contributed by atoms with Gasteiger partial charge in [0.05, 0.1) is 0 Å². The van der Waals surface area contributed by atoms with Crippen LogP contribution in [0.25, 0.3) is 11.1 Å². The Balaban J connectivity index is 2.09. The fourth-order valence-electron chi connectivity index (χ4n) is 3.01. The number of hydrogen-bond acceptors (Lipinski definition) is 0. The molecule has 0 N–H and O–H groups in total. The molecule has 0 saturated heterocycles. The number of fused-ring (bicyclic) bond motifs is 6. The minimum atomic E-state index is 0.816. The molecule has 1 fully saturated rings. The van der Waals surface area contributed by atoms with Crippen LogP contribution in [-0.4, -0.2) is 0 Å². The van der Waals surface area contributed by atoms with Gasteiger partial charge in [-0.15, -0.1) is 0 Å². The van der Waals surface area contributed by atoms with Crippen LogP contribution < -0.4 is 0 Å². The third-order valence-electron chi connectivity index (χ3n) is 3.80. The summed E-state index contributed by atoms with van der Waals surface area (Å²) in [6, 6.07) is 17.8. The van der Waals surface area contributed by atoms with E-state index in [-0.39, 0.29) is 0 Å². The fourth-order valence-corrected chi connectivity index (χ4v) is 3.01. The molecule has 4 rings (SSSR count). The average molecular weight is 192 g/mol. The first-order chi connectivity index (χ1) is 7.45. The Morgan fingerprint density at radius 1 is 0.667 bits per heavy atom. The van der Waals surface area contributed by atoms with Crippen molar-refractivity contribution in [1.82, 2.24) is 0 Å². The van der Waals surface area contributed by atoms with Gasteiger partial charge in [-0.25, -0.2) is 0 Å². The Morgan fingerprint density at radius 2 is 1.13 bits per heavy atom. The van der Waals surface area contributed by atoms with E-state index in [0.717, 1.165) is 11.8 Å². The molecule has 0 amide bonds. The largest absolute Gasteiger partial charge is 0.0619 e. The van der Waals surface area contributed by atoms with Crippen molar-refractivity contribution in [1.29, 1.82) is 0 Å². The summed E-state index contributed by atoms with van der Waals surface area (Å²) in [6.45, 7) is 0. The van der Waals surface area contributed by atoms with Crippen molar-refractivity contribution in [2.75, 3.05) is 0 Å². The van der Waals surface area contributed by atoms with Crippen LogP contribution in [0.4, 0.5) is 0 Å². The summed E-state index contributed by atoms with van der Waals surface area (Å²) in [5.74, 6) is 1.63. The van der Waals surface area contributed by atoms with Crippen molar-refractivity contribution >= 4 is 0 Å². The van der Waals surface area contributed by atoms with E-state index in [9.17, 15) is 0 Å². The minimum absolute atomic E-state index is 0.816. The Bertz CT molecular complexity index is 490. The molecule has 2 aromatic carbocycles. The molecule has 0 heteroatoms. The quantitative estimate of drug-likeness (QED) is 0.593. The Kier molecular flexibility index (Phi) is 1.29. The highest BCUT2D eigenvalue weighted by atomic mass is 14.5. The van der Waals surface area contributed by atoms with Gasteiger partial charge in [-0.3, -0.25) is 0 Å². The minimum Gasteiger partial charge on any atom is -0.0619 e. The lowest BCUT2D eigenvalue weighted by Gasteiger charge is -2.18. The second-order valence-corrected chi connectivity index (χ2v) is 4.62. The molecule has 2 aromatic rings. The Hall–Kier alpha value is -1.56. The van der Waals surface area contributed by atoms with E-state index in [4.69, 9.17) is 0 Å². The van der Waals surface area contributed by atoms with Gasteiger partial charge in [-0.1, -0.05) is 48.5 Å². The molecule has 1 saturated carbocycles. The number of hydrogen-bond donors (Lipinski definition) is 0. The average Bonchev–Trinajstić information content (AvgIpc) is 3.10. The van der Waals surface area contributed by atoms with Gasteiger partial charge in [0, 0.05) is 0 Å². The van der Waals surface area contributed by atoms with Crippen LogP contribution in [0.5, 0.6) is 0 Å². The van der Waals surface area contributed by atoms with E-state index in [0.29, 0.717) is 0 Å². The molecule has 72 valence electrons. The molecular weight excluding hydrogens is 180 g/mol. The zero-order valence-corrected chi connectivity index (χ0v) is 8.48. The smallest absolute Gasteiger partial charge is 0.00805 e. The molecule has 0 spiro atoms. The summed E-state index contributed by atoms with van der Waals surface area (Å²) in [7, 11) is 0. The van der Waals surface area contributed by atoms with Crippen molar-refractivity contribution in [2.24, 2.45) is 0 Å². The molecule has 0 aromatic heterocycles. The van der Waals surface area contributed by atoms with Gasteiger partial charge in [-0.2, -0.15) is 0 Å². The van der Waals surface area contributed by atoms with E-state index in [1.54, 1.807) is 11.1 Å². The van der Waals surface area contributed by atoms with E-state index in [1.165, 1.54) is 17.5 Å². The van der Waals surface area contributed by atoms with Crippen molar-refractivity contribution in [3.8, 4) is 11.1 Å². The van der Waals surface area contributed by atoms with Gasteiger partial charge >= 0.3 is 0 Å². The molecule has 0 heterocycles. The molecule has 0 radical (unpaired) electrons. The normalized spacial score (nSPS) is 25.1. The van der Waals surface area contributed by atoms with Crippen LogP contribution in [-0.2, 0) is 0 Å². The Labute approximate surface area is 89.6 Å². The van der Waals surface area contributed by atoms with Gasteiger partial charge in [0.1, 0.15) is 0 Å². The molecular formula is C15H12. The molecule has 0 bridgehead atoms. The second-order valence-electron chi connectivity index (χ2n) is 4.62. The highest BCUT2D eigenvalue weighted by Crippen LogP contribution is 2.61. The van der Waals surface area contributed by atoms with Crippen LogP contribution in [0.3, 0.4) is 0 Å². The van der Waals surface area contributed by atoms with Gasteiger partial charge in [-0.05, 0) is 40.5 Å². The predicted molar refractivity (Wildman–Crippen MR) is 62.0 cm³/mol. The number of benzene rings is 2. The molecule has 2 atom stereocenters. The van der Waals surface area contributed by atoms with Crippen molar-refractivity contribution in [2.45, 2.75) is 18.3 Å². The van der Waals surface area contributed by atoms with Crippen LogP contribution >= 0.6 is 0 Å². The maximum absolute atomic E-state index is 2.30. The summed E-state index contributed by atoms with van der Waals surface area (Å²) >= 11 is 0. The summed E-state index contributed by atoms with van der Waals surface area (Å²) in [4.78, 5) is 0. The first-order valence-corrected chi connectivity index (χ1v) is 5.63. The van der Waals surface area contributed by atoms with Gasteiger partial charge in [0.2, 0.25) is 0 Å². The van der Waals surface area contributed by atoms with Crippen molar-refractivity contribution < 1.29 is 0 Å². The molecule has 1 unspecified atom stereocenters. The lowest BCUT2D eigenvalue weighted by atomic mass is 9.86. The Morgan fingerprint density at radius 3 is 1.67 bits per heavy atom. The summed E-state index contributed by atoms with van der Waals surface area (Å²) in [5.41, 5.74) is 6.07. The van der Waals surface area contributed by atoms with Crippen LogP contribution in [0.2, 0.25) is 0 Å². The first kappa shape index (κ1) is 7.70. The summed E-state index contributed by atoms with van der Waals surface area (Å²) in [5, 5.41) is 0. The topological polar surface area (TPSA) is 0 Å². The standard InChI is InChI=1S/C15H12/c1-3-7-12-10(5-1)11-6-2-4-8-13(11)15-9-14(12)15/h1-8,14-15H,9H2/t14-,15?/m1/s1. The third kappa shape index (κ3) is 0.918. The summed E-state index contributed by atoms with van der Waals surface area (Å²) in [6.07, 6.45) is 1.36. The predicted octanol–water partition coefficient (Wildman–Crippen LogP) is 3.94. The van der Waals surface area contributed by atoms with Gasteiger partial charge in [0.25, 0.3) is 0 Å². The van der Waals surface area contributed by atoms with Gasteiger partial charge < -0.3 is 0 Å². The van der Waals surface area contributed by atoms with Gasteiger partial charge in [0.15, 0.2) is 0 Å². The second kappa shape index (κ2) is 2.52. The van der Waals surface area contributed by atoms with Crippen LogP contribution in [0, 0.1) is 0 Å². The fraction of sp³-hybridized carbons (Fsp3) is 0.200. The van der Waals surface area contributed by atoms with E-state index in [2.05, 4.69) is 48.5 Å². The molecule has 2 aliphatic rings. The highest BCUT2D eigenvalue weighted by molar-refractivity contribution is 5.77. The van der Waals surface area contributed by atoms with Crippen molar-refractivity contribution in [3.63, 3.8) is 0 Å². The van der Waals surface area contributed by atoms with Crippen LogP contribution in [0.1, 0.15) is 29.4 Å². The third-order valence-corrected chi connectivity index (χ3v) is 3.80. The van der Waals surface area contributed by atoms with E-state index < -0.39 is 0 Å². The molecule has 15 heavy (non-hydrogen) atoms. The molecule has 2 aliphatic carbocycles. The summed E-state index contributed by atoms with van der Waals surface area (Å²) < 4.78 is 0. The first-order valence-electron chi connectivity index (χ1n) is 5.63. The van der Waals surface area contributed by atoms with Crippen LogP contribution in [0.15, 0.2) is 48.5 Å². The highest BCUT2D eigenvalue weighted by Gasteiger charge is 2.44. The zero-order chi connectivity index (χ0) is 9.83. The van der Waals surface area contributed by atoms with E-state index in [1.807, 2.05) is 0 Å². The van der Waals surface area contributed by atoms with E-state index >= 15 is 0 Å². The lowest BCUT2D eigenvalue weighted by Crippen LogP contribution is -1.98. The number of rotatable bonds is 0.